The number of pyridine rings is 1. The van der Waals surface area contributed by atoms with Gasteiger partial charge >= 0.3 is 0 Å². The van der Waals surface area contributed by atoms with Gasteiger partial charge in [0, 0.05) is 5.39 Å². The van der Waals surface area contributed by atoms with E-state index in [1.165, 1.54) is 41.3 Å². The Kier molecular flexibility index (Phi) is 3.38. The fraction of sp³-hybridized carbons (Fsp3) is 0.438. The number of rotatable bonds is 3. The molecule has 0 fully saturated rings. The van der Waals surface area contributed by atoms with Crippen LogP contribution in [0.5, 0.6) is 0 Å². The van der Waals surface area contributed by atoms with Crippen molar-refractivity contribution in [3.05, 3.63) is 34.9 Å². The van der Waals surface area contributed by atoms with E-state index in [-0.39, 0.29) is 0 Å². The van der Waals surface area contributed by atoms with Gasteiger partial charge in [0.05, 0.1) is 5.52 Å². The number of hydrogen-bond acceptors (Lipinski definition) is 3. The van der Waals surface area contributed by atoms with Crippen molar-refractivity contribution in [1.29, 1.82) is 0 Å². The first kappa shape index (κ1) is 12.4. The molecule has 100 valence electrons. The largest absolute Gasteiger partial charge is 0.308 e. The number of hydrogen-bond donors (Lipinski definition) is 2. The van der Waals surface area contributed by atoms with Gasteiger partial charge in [-0.1, -0.05) is 25.5 Å². The van der Waals surface area contributed by atoms with Crippen LogP contribution in [0, 0.1) is 0 Å². The van der Waals surface area contributed by atoms with E-state index in [2.05, 4.69) is 30.5 Å². The molecule has 3 rings (SSSR count). The summed E-state index contributed by atoms with van der Waals surface area (Å²) in [6, 6.07) is 6.74. The van der Waals surface area contributed by atoms with Gasteiger partial charge in [-0.2, -0.15) is 0 Å². The van der Waals surface area contributed by atoms with Crippen molar-refractivity contribution in [3.63, 3.8) is 0 Å². The second kappa shape index (κ2) is 5.17. The van der Waals surface area contributed by atoms with Gasteiger partial charge in [0.1, 0.15) is 5.82 Å². The molecule has 1 aliphatic rings. The molecule has 19 heavy (non-hydrogen) atoms. The van der Waals surface area contributed by atoms with Gasteiger partial charge in [-0.25, -0.2) is 10.8 Å². The molecule has 0 saturated heterocycles. The molecule has 0 bridgehead atoms. The van der Waals surface area contributed by atoms with Gasteiger partial charge in [-0.15, -0.1) is 0 Å². The molecule has 0 aliphatic heterocycles. The molecule has 1 aromatic carbocycles. The van der Waals surface area contributed by atoms with Crippen LogP contribution in [0.15, 0.2) is 18.2 Å². The number of aryl methyl sites for hydroxylation is 3. The lowest BCUT2D eigenvalue weighted by Crippen LogP contribution is -2.12. The van der Waals surface area contributed by atoms with E-state index in [9.17, 15) is 0 Å². The summed E-state index contributed by atoms with van der Waals surface area (Å²) in [4.78, 5) is 4.79. The van der Waals surface area contributed by atoms with Gasteiger partial charge in [0.15, 0.2) is 0 Å². The maximum absolute atomic E-state index is 5.64. The van der Waals surface area contributed by atoms with E-state index >= 15 is 0 Å². The summed E-state index contributed by atoms with van der Waals surface area (Å²) in [6.45, 7) is 2.18. The summed E-state index contributed by atoms with van der Waals surface area (Å²) in [5.41, 5.74) is 8.03. The van der Waals surface area contributed by atoms with Crippen LogP contribution in [-0.4, -0.2) is 4.98 Å². The molecule has 1 aliphatic carbocycles. The Labute approximate surface area is 114 Å². The lowest BCUT2D eigenvalue weighted by Gasteiger charge is -2.18. The van der Waals surface area contributed by atoms with Crippen LogP contribution in [-0.2, 0) is 19.3 Å². The first-order chi connectivity index (χ1) is 9.33. The number of nitrogens with two attached hydrogens (primary N) is 1. The Hall–Kier alpha value is -1.61. The van der Waals surface area contributed by atoms with Gasteiger partial charge < -0.3 is 5.43 Å². The molecule has 1 aromatic heterocycles. The van der Waals surface area contributed by atoms with E-state index in [1.54, 1.807) is 0 Å². The molecule has 0 radical (unpaired) electrons. The van der Waals surface area contributed by atoms with Crippen LogP contribution < -0.4 is 11.3 Å². The smallest absolute Gasteiger partial charge is 0.143 e. The second-order valence-corrected chi connectivity index (χ2v) is 5.37. The van der Waals surface area contributed by atoms with Crippen molar-refractivity contribution in [2.45, 2.75) is 45.4 Å². The lowest BCUT2D eigenvalue weighted by molar-refractivity contribution is 0.689. The molecular weight excluding hydrogens is 234 g/mol. The maximum atomic E-state index is 5.64. The highest BCUT2D eigenvalue weighted by Gasteiger charge is 2.15. The normalized spacial score (nSPS) is 14.4. The molecule has 0 unspecified atom stereocenters. The Morgan fingerprint density at radius 1 is 1.26 bits per heavy atom. The third kappa shape index (κ3) is 2.19. The van der Waals surface area contributed by atoms with Crippen LogP contribution in [0.2, 0.25) is 0 Å². The molecule has 0 spiro atoms. The highest BCUT2D eigenvalue weighted by Crippen LogP contribution is 2.30. The summed E-state index contributed by atoms with van der Waals surface area (Å²) in [7, 11) is 0. The van der Waals surface area contributed by atoms with Crippen molar-refractivity contribution >= 4 is 16.7 Å². The third-order valence-corrected chi connectivity index (χ3v) is 4.05. The van der Waals surface area contributed by atoms with Crippen molar-refractivity contribution in [1.82, 2.24) is 4.98 Å². The summed E-state index contributed by atoms with van der Waals surface area (Å²) in [6.07, 6.45) is 7.03. The predicted molar refractivity (Wildman–Crippen MR) is 80.2 cm³/mol. The van der Waals surface area contributed by atoms with Crippen molar-refractivity contribution in [2.75, 3.05) is 5.43 Å². The minimum Gasteiger partial charge on any atom is -0.308 e. The molecule has 2 aromatic rings. The number of nitrogen functional groups attached to an aromatic ring is 1. The number of hydrazine groups is 1. The first-order valence-corrected chi connectivity index (χ1v) is 7.24. The van der Waals surface area contributed by atoms with E-state index < -0.39 is 0 Å². The monoisotopic (exact) mass is 255 g/mol. The Morgan fingerprint density at radius 2 is 2.11 bits per heavy atom. The van der Waals surface area contributed by atoms with Crippen LogP contribution in [0.1, 0.15) is 42.9 Å². The maximum Gasteiger partial charge on any atom is 0.143 e. The molecule has 0 amide bonds. The number of aromatic nitrogens is 1. The van der Waals surface area contributed by atoms with Gasteiger partial charge in [0.25, 0.3) is 0 Å². The minimum absolute atomic E-state index is 0.841. The fourth-order valence-corrected chi connectivity index (χ4v) is 3.10. The number of nitrogens with one attached hydrogen (secondary N) is 1. The van der Waals surface area contributed by atoms with Gasteiger partial charge in [-0.3, -0.25) is 0 Å². The van der Waals surface area contributed by atoms with E-state index in [0.717, 1.165) is 30.6 Å². The van der Waals surface area contributed by atoms with E-state index in [0.29, 0.717) is 0 Å². The fourth-order valence-electron chi connectivity index (χ4n) is 3.10. The van der Waals surface area contributed by atoms with Crippen LogP contribution >= 0.6 is 0 Å². The van der Waals surface area contributed by atoms with Gasteiger partial charge in [0.2, 0.25) is 0 Å². The number of anilines is 1. The molecule has 0 atom stereocenters. The second-order valence-electron chi connectivity index (χ2n) is 5.37. The Bertz CT molecular complexity index is 604. The number of fused-ring (bicyclic) bond motifs is 3. The van der Waals surface area contributed by atoms with Gasteiger partial charge in [-0.05, 0) is 54.9 Å². The Balaban J connectivity index is 2.20. The average Bonchev–Trinajstić information content (AvgIpc) is 2.46. The Morgan fingerprint density at radius 3 is 2.89 bits per heavy atom. The first-order valence-electron chi connectivity index (χ1n) is 7.24. The summed E-state index contributed by atoms with van der Waals surface area (Å²) >= 11 is 0. The summed E-state index contributed by atoms with van der Waals surface area (Å²) in [5, 5.41) is 1.25. The molecule has 3 heteroatoms. The van der Waals surface area contributed by atoms with Crippen molar-refractivity contribution < 1.29 is 0 Å². The van der Waals surface area contributed by atoms with E-state index in [4.69, 9.17) is 10.8 Å². The summed E-state index contributed by atoms with van der Waals surface area (Å²) in [5.74, 6) is 6.48. The van der Waals surface area contributed by atoms with Crippen molar-refractivity contribution in [3.8, 4) is 0 Å². The van der Waals surface area contributed by atoms with Crippen molar-refractivity contribution in [2.24, 2.45) is 5.84 Å². The third-order valence-electron chi connectivity index (χ3n) is 4.05. The average molecular weight is 255 g/mol. The molecule has 0 saturated carbocycles. The molecule has 1 heterocycles. The zero-order chi connectivity index (χ0) is 13.2. The number of nitrogens with zero attached hydrogens (tertiary/aromatic N) is 1. The summed E-state index contributed by atoms with van der Waals surface area (Å²) < 4.78 is 0. The number of benzene rings is 1. The quantitative estimate of drug-likeness (QED) is 0.653. The molecular formula is C16H21N3. The highest BCUT2D eigenvalue weighted by molar-refractivity contribution is 5.86. The SMILES string of the molecule is CCCc1cc2ccc3c(c2nc1NN)CCCC3. The van der Waals surface area contributed by atoms with Crippen LogP contribution in [0.4, 0.5) is 5.82 Å². The lowest BCUT2D eigenvalue weighted by atomic mass is 9.89. The predicted octanol–water partition coefficient (Wildman–Crippen LogP) is 3.35. The highest BCUT2D eigenvalue weighted by atomic mass is 15.2. The zero-order valence-corrected chi connectivity index (χ0v) is 11.5. The molecule has 3 nitrogen and oxygen atoms in total. The van der Waals surface area contributed by atoms with Crippen LogP contribution in [0.25, 0.3) is 10.9 Å². The van der Waals surface area contributed by atoms with E-state index in [1.807, 2.05) is 0 Å². The topological polar surface area (TPSA) is 50.9 Å². The minimum atomic E-state index is 0.841. The standard InChI is InChI=1S/C16H21N3/c1-2-5-13-10-12-9-8-11-6-3-4-7-14(11)15(12)18-16(13)19-17/h8-10H,2-7,17H2,1H3,(H,18,19). The zero-order valence-electron chi connectivity index (χ0n) is 11.5. The molecule has 3 N–H and O–H groups in total. The van der Waals surface area contributed by atoms with Crippen LogP contribution in [0.3, 0.4) is 0 Å².